The van der Waals surface area contributed by atoms with Crippen LogP contribution in [0.3, 0.4) is 0 Å². The molecule has 0 aromatic heterocycles. The van der Waals surface area contributed by atoms with E-state index in [1.807, 2.05) is 0 Å². The van der Waals surface area contributed by atoms with Gasteiger partial charge in [0, 0.05) is 12.1 Å². The predicted molar refractivity (Wildman–Crippen MR) is 87.8 cm³/mol. The van der Waals surface area contributed by atoms with Crippen molar-refractivity contribution in [3.63, 3.8) is 0 Å². The number of anilines is 1. The fourth-order valence-corrected chi connectivity index (χ4v) is 3.10. The Morgan fingerprint density at radius 1 is 1.14 bits per heavy atom. The summed E-state index contributed by atoms with van der Waals surface area (Å²) in [7, 11) is -2.15. The van der Waals surface area contributed by atoms with Gasteiger partial charge in [-0.3, -0.25) is 4.31 Å². The molecule has 114 valence electrons. The fraction of sp³-hybridized carbons (Fsp3) is 0.125. The zero-order valence-electron chi connectivity index (χ0n) is 11.9. The van der Waals surface area contributed by atoms with E-state index in [1.54, 1.807) is 36.4 Å². The lowest BCUT2D eigenvalue weighted by Gasteiger charge is -2.19. The molecule has 2 aromatic carbocycles. The number of benzene rings is 2. The molecule has 0 saturated carbocycles. The molecule has 0 fully saturated rings. The van der Waals surface area contributed by atoms with Crippen LogP contribution in [0, 0.1) is 12.3 Å². The second-order valence-electron chi connectivity index (χ2n) is 4.41. The molecule has 6 heteroatoms. The van der Waals surface area contributed by atoms with E-state index in [1.165, 1.54) is 23.5 Å². The number of hydrogen-bond donors (Lipinski definition) is 0. The number of hydrogen-bond acceptors (Lipinski definition) is 3. The highest BCUT2D eigenvalue weighted by atomic mass is 35.5. The number of halogens is 1. The standard InChI is InChI=1S/C16H14ClNO3S/c1-3-12-21-15-8-6-14(7-9-15)18(2)22(19,20)16-10-4-13(17)5-11-16/h1,4-11H,12H2,2H3. The van der Waals surface area contributed by atoms with Crippen LogP contribution in [0.15, 0.2) is 53.4 Å². The Morgan fingerprint density at radius 2 is 1.73 bits per heavy atom. The molecule has 2 rings (SSSR count). The summed E-state index contributed by atoms with van der Waals surface area (Å²) in [6.07, 6.45) is 5.11. The first-order chi connectivity index (χ1) is 10.4. The minimum absolute atomic E-state index is 0.165. The van der Waals surface area contributed by atoms with Gasteiger partial charge in [0.05, 0.1) is 10.6 Å². The Balaban J connectivity index is 2.24. The normalized spacial score (nSPS) is 10.8. The smallest absolute Gasteiger partial charge is 0.264 e. The molecule has 0 atom stereocenters. The molecule has 0 heterocycles. The van der Waals surface area contributed by atoms with Gasteiger partial charge in [-0.25, -0.2) is 8.42 Å². The average Bonchev–Trinajstić information content (AvgIpc) is 2.53. The molecule has 0 aliphatic carbocycles. The van der Waals surface area contributed by atoms with E-state index in [0.29, 0.717) is 16.5 Å². The van der Waals surface area contributed by atoms with Crippen molar-refractivity contribution < 1.29 is 13.2 Å². The molecule has 0 unspecified atom stereocenters. The maximum atomic E-state index is 12.5. The van der Waals surface area contributed by atoms with E-state index in [9.17, 15) is 8.42 Å². The third-order valence-corrected chi connectivity index (χ3v) is 5.05. The molecule has 0 saturated heterocycles. The van der Waals surface area contributed by atoms with Crippen molar-refractivity contribution in [1.82, 2.24) is 0 Å². The molecule has 0 bridgehead atoms. The highest BCUT2D eigenvalue weighted by Gasteiger charge is 2.21. The molecule has 0 amide bonds. The van der Waals surface area contributed by atoms with E-state index < -0.39 is 10.0 Å². The lowest BCUT2D eigenvalue weighted by Crippen LogP contribution is -2.26. The maximum Gasteiger partial charge on any atom is 0.264 e. The van der Waals surface area contributed by atoms with Gasteiger partial charge in [0.2, 0.25) is 0 Å². The number of sulfonamides is 1. The van der Waals surface area contributed by atoms with Gasteiger partial charge in [-0.1, -0.05) is 17.5 Å². The number of ether oxygens (including phenoxy) is 1. The first-order valence-electron chi connectivity index (χ1n) is 6.36. The molecule has 2 aromatic rings. The van der Waals surface area contributed by atoms with Crippen LogP contribution in [-0.4, -0.2) is 22.1 Å². The Hall–Kier alpha value is -2.16. The van der Waals surface area contributed by atoms with Crippen LogP contribution in [0.5, 0.6) is 5.75 Å². The van der Waals surface area contributed by atoms with Crippen LogP contribution in [0.2, 0.25) is 5.02 Å². The SMILES string of the molecule is C#CCOc1ccc(N(C)S(=O)(=O)c2ccc(Cl)cc2)cc1. The van der Waals surface area contributed by atoms with Crippen LogP contribution in [0.1, 0.15) is 0 Å². The van der Waals surface area contributed by atoms with E-state index in [0.717, 1.165) is 0 Å². The van der Waals surface area contributed by atoms with Crippen molar-refractivity contribution in [2.75, 3.05) is 18.0 Å². The zero-order chi connectivity index (χ0) is 16.2. The summed E-state index contributed by atoms with van der Waals surface area (Å²) in [6.45, 7) is 0.165. The largest absolute Gasteiger partial charge is 0.481 e. The van der Waals surface area contributed by atoms with Crippen molar-refractivity contribution in [2.45, 2.75) is 4.90 Å². The molecule has 4 nitrogen and oxygen atoms in total. The summed E-state index contributed by atoms with van der Waals surface area (Å²) in [5.41, 5.74) is 0.517. The maximum absolute atomic E-state index is 12.5. The summed E-state index contributed by atoms with van der Waals surface area (Å²) >= 11 is 5.78. The van der Waals surface area contributed by atoms with Gasteiger partial charge in [0.15, 0.2) is 0 Å². The van der Waals surface area contributed by atoms with Gasteiger partial charge in [-0.2, -0.15) is 0 Å². The number of terminal acetylenes is 1. The quantitative estimate of drug-likeness (QED) is 0.788. The number of rotatable bonds is 5. The second kappa shape index (κ2) is 6.73. The molecule has 0 aliphatic rings. The van der Waals surface area contributed by atoms with Crippen LogP contribution in [0.25, 0.3) is 0 Å². The summed E-state index contributed by atoms with van der Waals surface area (Å²) in [5.74, 6) is 2.95. The van der Waals surface area contributed by atoms with E-state index >= 15 is 0 Å². The van der Waals surface area contributed by atoms with Crippen LogP contribution < -0.4 is 9.04 Å². The first kappa shape index (κ1) is 16.2. The van der Waals surface area contributed by atoms with Gasteiger partial charge in [0.1, 0.15) is 12.4 Å². The zero-order valence-corrected chi connectivity index (χ0v) is 13.4. The highest BCUT2D eigenvalue weighted by Crippen LogP contribution is 2.25. The molecule has 0 aliphatic heterocycles. The minimum atomic E-state index is -3.64. The van der Waals surface area contributed by atoms with E-state index in [4.69, 9.17) is 22.8 Å². The molecule has 22 heavy (non-hydrogen) atoms. The van der Waals surface area contributed by atoms with Crippen molar-refractivity contribution in [3.8, 4) is 18.1 Å². The monoisotopic (exact) mass is 335 g/mol. The molecular formula is C16H14ClNO3S. The molecule has 0 N–H and O–H groups in total. The van der Waals surface area contributed by atoms with Gasteiger partial charge < -0.3 is 4.74 Å². The van der Waals surface area contributed by atoms with Gasteiger partial charge in [-0.15, -0.1) is 6.42 Å². The van der Waals surface area contributed by atoms with Gasteiger partial charge in [-0.05, 0) is 48.5 Å². The highest BCUT2D eigenvalue weighted by molar-refractivity contribution is 7.92. The Bertz CT molecular complexity index is 778. The van der Waals surface area contributed by atoms with Crippen LogP contribution in [0.4, 0.5) is 5.69 Å². The van der Waals surface area contributed by atoms with Crippen molar-refractivity contribution in [2.24, 2.45) is 0 Å². The lowest BCUT2D eigenvalue weighted by atomic mass is 10.3. The third-order valence-electron chi connectivity index (χ3n) is 2.99. The van der Waals surface area contributed by atoms with Gasteiger partial charge >= 0.3 is 0 Å². The predicted octanol–water partition coefficient (Wildman–Crippen LogP) is 3.18. The molecular weight excluding hydrogens is 322 g/mol. The fourth-order valence-electron chi connectivity index (χ4n) is 1.78. The van der Waals surface area contributed by atoms with Crippen molar-refractivity contribution in [1.29, 1.82) is 0 Å². The van der Waals surface area contributed by atoms with Crippen molar-refractivity contribution in [3.05, 3.63) is 53.6 Å². The van der Waals surface area contributed by atoms with Crippen LogP contribution >= 0.6 is 11.6 Å². The second-order valence-corrected chi connectivity index (χ2v) is 6.82. The van der Waals surface area contributed by atoms with E-state index in [-0.39, 0.29) is 11.5 Å². The molecule has 0 radical (unpaired) electrons. The Kier molecular flexibility index (Phi) is 4.96. The average molecular weight is 336 g/mol. The van der Waals surface area contributed by atoms with Crippen LogP contribution in [-0.2, 0) is 10.0 Å². The summed E-state index contributed by atoms with van der Waals surface area (Å²) < 4.78 is 31.5. The summed E-state index contributed by atoms with van der Waals surface area (Å²) in [4.78, 5) is 0.173. The minimum Gasteiger partial charge on any atom is -0.481 e. The number of nitrogens with zero attached hydrogens (tertiary/aromatic N) is 1. The summed E-state index contributed by atoms with van der Waals surface area (Å²) in [5, 5.41) is 0.483. The van der Waals surface area contributed by atoms with E-state index in [2.05, 4.69) is 5.92 Å². The summed E-state index contributed by atoms with van der Waals surface area (Å²) in [6, 6.07) is 12.7. The van der Waals surface area contributed by atoms with Crippen molar-refractivity contribution >= 4 is 27.3 Å². The topological polar surface area (TPSA) is 46.6 Å². The first-order valence-corrected chi connectivity index (χ1v) is 8.18. The Labute approximate surface area is 135 Å². The third kappa shape index (κ3) is 3.53. The Morgan fingerprint density at radius 3 is 2.27 bits per heavy atom. The van der Waals surface area contributed by atoms with Gasteiger partial charge in [0.25, 0.3) is 10.0 Å². The molecule has 0 spiro atoms. The lowest BCUT2D eigenvalue weighted by molar-refractivity contribution is 0.370.